The quantitative estimate of drug-likeness (QED) is 0.867. The van der Waals surface area contributed by atoms with E-state index in [2.05, 4.69) is 5.32 Å². The maximum absolute atomic E-state index is 13.0. The first-order valence-electron chi connectivity index (χ1n) is 7.35. The Hall–Kier alpha value is -1.91. The lowest BCUT2D eigenvalue weighted by molar-refractivity contribution is -0.142. The second-order valence-electron chi connectivity index (χ2n) is 5.62. The Labute approximate surface area is 124 Å². The zero-order valence-electron chi connectivity index (χ0n) is 12.5. The predicted octanol–water partition coefficient (Wildman–Crippen LogP) is 2.49. The van der Waals surface area contributed by atoms with E-state index in [4.69, 9.17) is 0 Å². The van der Waals surface area contributed by atoms with Crippen LogP contribution in [0.3, 0.4) is 0 Å². The summed E-state index contributed by atoms with van der Waals surface area (Å²) < 4.78 is 13.0. The number of piperidine rings is 1. The maximum atomic E-state index is 13.0. The van der Waals surface area contributed by atoms with Gasteiger partial charge in [0.15, 0.2) is 0 Å². The number of rotatable bonds is 4. The highest BCUT2D eigenvalue weighted by atomic mass is 19.1. The molecule has 1 aliphatic heterocycles. The fourth-order valence-corrected chi connectivity index (χ4v) is 2.61. The summed E-state index contributed by atoms with van der Waals surface area (Å²) in [5.41, 5.74) is -0.405. The Morgan fingerprint density at radius 2 is 2.05 bits per heavy atom. The predicted molar refractivity (Wildman–Crippen MR) is 79.4 cm³/mol. The Morgan fingerprint density at radius 3 is 2.67 bits per heavy atom. The van der Waals surface area contributed by atoms with Crippen LogP contribution in [0.2, 0.25) is 0 Å². The molecule has 4 nitrogen and oxygen atoms in total. The fourth-order valence-electron chi connectivity index (χ4n) is 2.61. The van der Waals surface area contributed by atoms with Crippen molar-refractivity contribution in [3.63, 3.8) is 0 Å². The molecule has 1 atom stereocenters. The van der Waals surface area contributed by atoms with E-state index in [-0.39, 0.29) is 17.6 Å². The molecule has 2 rings (SSSR count). The van der Waals surface area contributed by atoms with Crippen LogP contribution in [0, 0.1) is 11.2 Å². The number of anilines is 1. The van der Waals surface area contributed by atoms with Crippen molar-refractivity contribution in [1.29, 1.82) is 0 Å². The van der Waals surface area contributed by atoms with Crippen LogP contribution >= 0.6 is 0 Å². The average Bonchev–Trinajstić information content (AvgIpc) is 2.48. The van der Waals surface area contributed by atoms with Crippen LogP contribution in [0.4, 0.5) is 10.1 Å². The minimum atomic E-state index is -1.04. The normalized spacial score (nSPS) is 22.2. The molecule has 0 radical (unpaired) electrons. The molecule has 0 unspecified atom stereocenters. The number of carbonyl (C=O) groups excluding carboxylic acids is 2. The summed E-state index contributed by atoms with van der Waals surface area (Å²) in [7, 11) is 0. The number of hydrogen-bond donors (Lipinski definition) is 1. The first-order valence-corrected chi connectivity index (χ1v) is 7.35. The van der Waals surface area contributed by atoms with Crippen molar-refractivity contribution in [2.75, 3.05) is 18.0 Å². The Kier molecular flexibility index (Phi) is 4.60. The number of halogens is 1. The average molecular weight is 292 g/mol. The molecule has 1 fully saturated rings. The first-order chi connectivity index (χ1) is 9.99. The van der Waals surface area contributed by atoms with E-state index in [9.17, 15) is 14.0 Å². The molecule has 2 amide bonds. The van der Waals surface area contributed by atoms with Crippen molar-refractivity contribution in [2.24, 2.45) is 5.41 Å². The van der Waals surface area contributed by atoms with Gasteiger partial charge in [-0.3, -0.25) is 9.59 Å². The molecular formula is C16H21FN2O2. The molecule has 1 N–H and O–H groups in total. The van der Waals surface area contributed by atoms with Crippen LogP contribution < -0.4 is 10.2 Å². The van der Waals surface area contributed by atoms with E-state index in [1.807, 2.05) is 6.92 Å². The molecule has 21 heavy (non-hydrogen) atoms. The molecule has 1 saturated heterocycles. The van der Waals surface area contributed by atoms with E-state index in [1.165, 1.54) is 12.1 Å². The molecular weight excluding hydrogens is 271 g/mol. The molecule has 0 aliphatic carbocycles. The van der Waals surface area contributed by atoms with Crippen LogP contribution in [0.1, 0.15) is 33.1 Å². The number of amides is 2. The van der Waals surface area contributed by atoms with Gasteiger partial charge in [0, 0.05) is 18.8 Å². The standard InChI is InChI=1S/C16H21FN2O2/c1-3-10-18-14(20)16(2)9-4-11-19(15(16)21)13-7-5-12(17)6-8-13/h5-8H,3-4,9-11H2,1-2H3,(H,18,20)/t16-/m1/s1. The van der Waals surface area contributed by atoms with E-state index in [0.29, 0.717) is 25.2 Å². The van der Waals surface area contributed by atoms with Gasteiger partial charge in [-0.1, -0.05) is 6.92 Å². The third kappa shape index (κ3) is 3.06. The summed E-state index contributed by atoms with van der Waals surface area (Å²) >= 11 is 0. The topological polar surface area (TPSA) is 49.4 Å². The SMILES string of the molecule is CCCNC(=O)[C@@]1(C)CCCN(c2ccc(F)cc2)C1=O. The molecule has 1 aromatic carbocycles. The third-order valence-corrected chi connectivity index (χ3v) is 3.95. The van der Waals surface area contributed by atoms with Crippen molar-refractivity contribution in [3.8, 4) is 0 Å². The minimum absolute atomic E-state index is 0.214. The van der Waals surface area contributed by atoms with Gasteiger partial charge >= 0.3 is 0 Å². The van der Waals surface area contributed by atoms with Gasteiger partial charge in [-0.05, 0) is 50.5 Å². The van der Waals surface area contributed by atoms with Gasteiger partial charge < -0.3 is 10.2 Å². The van der Waals surface area contributed by atoms with E-state index >= 15 is 0 Å². The second-order valence-corrected chi connectivity index (χ2v) is 5.62. The van der Waals surface area contributed by atoms with Crippen LogP contribution in [-0.2, 0) is 9.59 Å². The number of benzene rings is 1. The Morgan fingerprint density at radius 1 is 1.38 bits per heavy atom. The lowest BCUT2D eigenvalue weighted by atomic mass is 9.79. The van der Waals surface area contributed by atoms with Crippen molar-refractivity contribution < 1.29 is 14.0 Å². The van der Waals surface area contributed by atoms with Crippen LogP contribution in [0.5, 0.6) is 0 Å². The fraction of sp³-hybridized carbons (Fsp3) is 0.500. The summed E-state index contributed by atoms with van der Waals surface area (Å²) in [5.74, 6) is -0.776. The lowest BCUT2D eigenvalue weighted by Gasteiger charge is -2.38. The van der Waals surface area contributed by atoms with Crippen molar-refractivity contribution in [2.45, 2.75) is 33.1 Å². The molecule has 0 saturated carbocycles. The largest absolute Gasteiger partial charge is 0.355 e. The van der Waals surface area contributed by atoms with E-state index in [1.54, 1.807) is 24.0 Å². The minimum Gasteiger partial charge on any atom is -0.355 e. The van der Waals surface area contributed by atoms with Crippen LogP contribution in [0.25, 0.3) is 0 Å². The lowest BCUT2D eigenvalue weighted by Crippen LogP contribution is -2.55. The number of nitrogens with zero attached hydrogens (tertiary/aromatic N) is 1. The smallest absolute Gasteiger partial charge is 0.242 e. The summed E-state index contributed by atoms with van der Waals surface area (Å²) in [6, 6.07) is 5.79. The van der Waals surface area contributed by atoms with Crippen LogP contribution in [-0.4, -0.2) is 24.9 Å². The van der Waals surface area contributed by atoms with Gasteiger partial charge in [0.05, 0.1) is 0 Å². The zero-order valence-corrected chi connectivity index (χ0v) is 12.5. The highest BCUT2D eigenvalue weighted by Crippen LogP contribution is 2.34. The number of hydrogen-bond acceptors (Lipinski definition) is 2. The summed E-state index contributed by atoms with van der Waals surface area (Å²) in [4.78, 5) is 26.6. The molecule has 114 valence electrons. The Balaban J connectivity index is 2.21. The van der Waals surface area contributed by atoms with Gasteiger partial charge in [-0.25, -0.2) is 4.39 Å². The summed E-state index contributed by atoms with van der Waals surface area (Å²) in [5, 5.41) is 2.81. The number of carbonyl (C=O) groups is 2. The third-order valence-electron chi connectivity index (χ3n) is 3.95. The molecule has 1 aromatic rings. The van der Waals surface area contributed by atoms with Gasteiger partial charge in [0.25, 0.3) is 0 Å². The van der Waals surface area contributed by atoms with Crippen LogP contribution in [0.15, 0.2) is 24.3 Å². The second kappa shape index (κ2) is 6.24. The maximum Gasteiger partial charge on any atom is 0.242 e. The van der Waals surface area contributed by atoms with Crippen molar-refractivity contribution in [1.82, 2.24) is 5.32 Å². The molecule has 1 heterocycles. The number of nitrogens with one attached hydrogen (secondary N) is 1. The molecule has 5 heteroatoms. The molecule has 0 bridgehead atoms. The van der Waals surface area contributed by atoms with E-state index < -0.39 is 5.41 Å². The summed E-state index contributed by atoms with van der Waals surface area (Å²) in [6.45, 7) is 4.78. The molecule has 0 aromatic heterocycles. The highest BCUT2D eigenvalue weighted by Gasteiger charge is 2.46. The van der Waals surface area contributed by atoms with E-state index in [0.717, 1.165) is 12.8 Å². The van der Waals surface area contributed by atoms with Gasteiger partial charge in [-0.15, -0.1) is 0 Å². The zero-order chi connectivity index (χ0) is 15.5. The first kappa shape index (κ1) is 15.5. The molecule has 0 spiro atoms. The van der Waals surface area contributed by atoms with Gasteiger partial charge in [0.1, 0.15) is 11.2 Å². The van der Waals surface area contributed by atoms with Crippen molar-refractivity contribution >= 4 is 17.5 Å². The van der Waals surface area contributed by atoms with Gasteiger partial charge in [-0.2, -0.15) is 0 Å². The summed E-state index contributed by atoms with van der Waals surface area (Å²) in [6.07, 6.45) is 2.12. The molecule has 1 aliphatic rings. The van der Waals surface area contributed by atoms with Gasteiger partial charge in [0.2, 0.25) is 11.8 Å². The monoisotopic (exact) mass is 292 g/mol. The Bertz CT molecular complexity index is 530. The highest BCUT2D eigenvalue weighted by molar-refractivity contribution is 6.11. The van der Waals surface area contributed by atoms with Crippen molar-refractivity contribution in [3.05, 3.63) is 30.1 Å².